The highest BCUT2D eigenvalue weighted by Crippen LogP contribution is 2.36. The van der Waals surface area contributed by atoms with E-state index in [1.807, 2.05) is 0 Å². The first-order valence-electron chi connectivity index (χ1n) is 13.5. The minimum Gasteiger partial charge on any atom is -0.400 e. The van der Waals surface area contributed by atoms with Gasteiger partial charge in [0.15, 0.2) is 0 Å². The normalized spacial score (nSPS) is 29.5. The number of hydrogen-bond donors (Lipinski definition) is 2. The standard InChI is InChI=1S/C25H49N3O2.CH4O/c1-4-22-8-9-24(21(2)3)25(18-22)30-20-23(29)19-28-16-14-27(15-17-28)13-12-26-10-6-5-7-11-26;1-2/h21-25,29H,4-20H2,1-3H3;2H,1H3. The molecule has 1 saturated carbocycles. The highest BCUT2D eigenvalue weighted by Gasteiger charge is 2.33. The molecule has 0 bridgehead atoms. The first-order valence-corrected chi connectivity index (χ1v) is 13.5. The average molecular weight is 456 g/mol. The third kappa shape index (κ3) is 9.55. The van der Waals surface area contributed by atoms with Gasteiger partial charge in [-0.05, 0) is 62.9 Å². The SMILES string of the molecule is CCC1CCC(C(C)C)C(OCC(O)CN2CCN(CCN3CCCCC3)CC2)C1.CO. The van der Waals surface area contributed by atoms with Crippen LogP contribution in [0.1, 0.15) is 65.7 Å². The van der Waals surface area contributed by atoms with E-state index in [9.17, 15) is 5.11 Å². The van der Waals surface area contributed by atoms with Gasteiger partial charge in [0.1, 0.15) is 0 Å². The average Bonchev–Trinajstić information content (AvgIpc) is 2.84. The lowest BCUT2D eigenvalue weighted by molar-refractivity contribution is -0.0771. The van der Waals surface area contributed by atoms with E-state index >= 15 is 0 Å². The summed E-state index contributed by atoms with van der Waals surface area (Å²) >= 11 is 0. The summed E-state index contributed by atoms with van der Waals surface area (Å²) < 4.78 is 6.33. The molecule has 2 N–H and O–H groups in total. The molecule has 1 aliphatic carbocycles. The maximum absolute atomic E-state index is 10.6. The Morgan fingerprint density at radius 1 is 0.844 bits per heavy atom. The van der Waals surface area contributed by atoms with Gasteiger partial charge in [0.05, 0.1) is 18.8 Å². The maximum atomic E-state index is 10.6. The van der Waals surface area contributed by atoms with Crippen molar-refractivity contribution in [2.24, 2.45) is 17.8 Å². The van der Waals surface area contributed by atoms with Gasteiger partial charge in [0, 0.05) is 52.9 Å². The number of aliphatic hydroxyl groups is 2. The summed E-state index contributed by atoms with van der Waals surface area (Å²) in [5.74, 6) is 2.13. The zero-order chi connectivity index (χ0) is 23.3. The molecule has 0 radical (unpaired) electrons. The van der Waals surface area contributed by atoms with Crippen LogP contribution < -0.4 is 0 Å². The molecule has 0 amide bonds. The number of hydrogen-bond acceptors (Lipinski definition) is 6. The minimum absolute atomic E-state index is 0.338. The molecule has 0 aromatic rings. The highest BCUT2D eigenvalue weighted by atomic mass is 16.5. The van der Waals surface area contributed by atoms with E-state index in [-0.39, 0.29) is 6.10 Å². The Morgan fingerprint density at radius 3 is 2.03 bits per heavy atom. The van der Waals surface area contributed by atoms with Crippen LogP contribution in [0.15, 0.2) is 0 Å². The van der Waals surface area contributed by atoms with Crippen LogP contribution in [0.5, 0.6) is 0 Å². The number of piperazine rings is 1. The second-order valence-corrected chi connectivity index (χ2v) is 10.6. The van der Waals surface area contributed by atoms with Crippen molar-refractivity contribution in [2.75, 3.05) is 72.6 Å². The van der Waals surface area contributed by atoms with Crippen LogP contribution in [0.25, 0.3) is 0 Å². The molecule has 32 heavy (non-hydrogen) atoms. The molecule has 4 unspecified atom stereocenters. The van der Waals surface area contributed by atoms with Crippen molar-refractivity contribution in [1.82, 2.24) is 14.7 Å². The molecule has 2 saturated heterocycles. The number of ether oxygens (including phenoxy) is 1. The van der Waals surface area contributed by atoms with Crippen molar-refractivity contribution in [3.05, 3.63) is 0 Å². The van der Waals surface area contributed by atoms with E-state index in [0.717, 1.165) is 45.8 Å². The Hall–Kier alpha value is -0.240. The third-order valence-corrected chi connectivity index (χ3v) is 8.00. The highest BCUT2D eigenvalue weighted by molar-refractivity contribution is 4.83. The van der Waals surface area contributed by atoms with E-state index in [1.165, 1.54) is 71.1 Å². The van der Waals surface area contributed by atoms with Crippen molar-refractivity contribution >= 4 is 0 Å². The number of rotatable bonds is 10. The maximum Gasteiger partial charge on any atom is 0.0900 e. The molecule has 4 atom stereocenters. The summed E-state index contributed by atoms with van der Waals surface area (Å²) in [7, 11) is 1.00. The van der Waals surface area contributed by atoms with Crippen molar-refractivity contribution in [1.29, 1.82) is 0 Å². The van der Waals surface area contributed by atoms with Gasteiger partial charge in [-0.15, -0.1) is 0 Å². The molecular formula is C26H53N3O3. The second-order valence-electron chi connectivity index (χ2n) is 10.6. The van der Waals surface area contributed by atoms with E-state index in [2.05, 4.69) is 35.5 Å². The lowest BCUT2D eigenvalue weighted by Crippen LogP contribution is -2.51. The fourth-order valence-electron chi connectivity index (χ4n) is 5.81. The molecule has 6 nitrogen and oxygen atoms in total. The first-order chi connectivity index (χ1) is 15.5. The summed E-state index contributed by atoms with van der Waals surface area (Å²) in [6.07, 6.45) is 9.23. The molecule has 2 aliphatic heterocycles. The summed E-state index contributed by atoms with van der Waals surface area (Å²) in [5.41, 5.74) is 0. The summed E-state index contributed by atoms with van der Waals surface area (Å²) in [6.45, 7) is 17.7. The second kappa shape index (κ2) is 15.6. The first kappa shape index (κ1) is 28.0. The predicted molar refractivity (Wildman–Crippen MR) is 133 cm³/mol. The molecule has 0 spiro atoms. The molecule has 3 aliphatic rings. The van der Waals surface area contributed by atoms with Crippen LogP contribution in [0.2, 0.25) is 0 Å². The Kier molecular flexibility index (Phi) is 13.7. The van der Waals surface area contributed by atoms with Crippen LogP contribution in [0.3, 0.4) is 0 Å². The van der Waals surface area contributed by atoms with E-state index < -0.39 is 0 Å². The molecule has 2 heterocycles. The lowest BCUT2D eigenvalue weighted by Gasteiger charge is -2.39. The summed E-state index contributed by atoms with van der Waals surface area (Å²) in [4.78, 5) is 7.67. The van der Waals surface area contributed by atoms with Crippen molar-refractivity contribution < 1.29 is 14.9 Å². The quantitative estimate of drug-likeness (QED) is 0.528. The lowest BCUT2D eigenvalue weighted by atomic mass is 9.74. The van der Waals surface area contributed by atoms with Gasteiger partial charge in [-0.25, -0.2) is 0 Å². The number of piperidine rings is 1. The Labute approximate surface area is 198 Å². The number of aliphatic hydroxyl groups excluding tert-OH is 2. The van der Waals surface area contributed by atoms with E-state index in [0.29, 0.717) is 24.5 Å². The van der Waals surface area contributed by atoms with Crippen LogP contribution in [-0.2, 0) is 4.74 Å². The Bertz CT molecular complexity index is 465. The fourth-order valence-corrected chi connectivity index (χ4v) is 5.81. The van der Waals surface area contributed by atoms with Crippen molar-refractivity contribution in [3.63, 3.8) is 0 Å². The van der Waals surface area contributed by atoms with Crippen LogP contribution in [-0.4, -0.2) is 110 Å². The Morgan fingerprint density at radius 2 is 1.44 bits per heavy atom. The van der Waals surface area contributed by atoms with Gasteiger partial charge < -0.3 is 19.8 Å². The fraction of sp³-hybridized carbons (Fsp3) is 1.00. The smallest absolute Gasteiger partial charge is 0.0900 e. The van der Waals surface area contributed by atoms with Gasteiger partial charge in [-0.3, -0.25) is 9.80 Å². The summed E-state index contributed by atoms with van der Waals surface area (Å²) in [6, 6.07) is 0. The van der Waals surface area contributed by atoms with Gasteiger partial charge >= 0.3 is 0 Å². The molecule has 3 rings (SSSR count). The number of β-amino-alcohol motifs (C(OH)–C–C–N with tert-alkyl or cyclic N) is 1. The molecular weight excluding hydrogens is 402 g/mol. The number of likely N-dealkylation sites (tertiary alicyclic amines) is 1. The topological polar surface area (TPSA) is 59.4 Å². The third-order valence-electron chi connectivity index (χ3n) is 8.00. The van der Waals surface area contributed by atoms with Crippen LogP contribution in [0, 0.1) is 17.8 Å². The number of nitrogens with zero attached hydrogens (tertiary/aromatic N) is 3. The van der Waals surface area contributed by atoms with Crippen LogP contribution >= 0.6 is 0 Å². The molecule has 3 fully saturated rings. The molecule has 190 valence electrons. The van der Waals surface area contributed by atoms with Gasteiger partial charge in [-0.1, -0.05) is 33.6 Å². The zero-order valence-electron chi connectivity index (χ0n) is 21.6. The monoisotopic (exact) mass is 455 g/mol. The van der Waals surface area contributed by atoms with Crippen molar-refractivity contribution in [2.45, 2.75) is 77.9 Å². The molecule has 0 aromatic carbocycles. The van der Waals surface area contributed by atoms with Gasteiger partial charge in [-0.2, -0.15) is 0 Å². The van der Waals surface area contributed by atoms with E-state index in [4.69, 9.17) is 9.84 Å². The largest absolute Gasteiger partial charge is 0.400 e. The van der Waals surface area contributed by atoms with Gasteiger partial charge in [0.25, 0.3) is 0 Å². The van der Waals surface area contributed by atoms with E-state index in [1.54, 1.807) is 0 Å². The predicted octanol–water partition coefficient (Wildman–Crippen LogP) is 2.93. The minimum atomic E-state index is -0.361. The molecule has 6 heteroatoms. The molecule has 0 aromatic heterocycles. The van der Waals surface area contributed by atoms with Crippen LogP contribution in [0.4, 0.5) is 0 Å². The van der Waals surface area contributed by atoms with Crippen molar-refractivity contribution in [3.8, 4) is 0 Å². The summed E-state index contributed by atoms with van der Waals surface area (Å²) in [5, 5.41) is 17.6. The van der Waals surface area contributed by atoms with Gasteiger partial charge in [0.2, 0.25) is 0 Å². The Balaban J connectivity index is 0.00000176. The zero-order valence-corrected chi connectivity index (χ0v) is 21.6.